The van der Waals surface area contributed by atoms with Crippen LogP contribution in [0.25, 0.3) is 0 Å². The number of rotatable bonds is 2. The topological polar surface area (TPSA) is 20.2 Å². The number of aliphatic hydroxyl groups excluding tert-OH is 1. The second-order valence-corrected chi connectivity index (χ2v) is 6.12. The molecule has 74 valence electrons. The first-order valence-corrected chi connectivity index (χ1v) is 6.33. The molecule has 0 fully saturated rings. The molecule has 0 saturated heterocycles. The SMILES string of the molecule is OC(c1ccc(Br)s1)c1sccc1F. The van der Waals surface area contributed by atoms with Gasteiger partial charge in [0.2, 0.25) is 0 Å². The average Bonchev–Trinajstić information content (AvgIpc) is 2.73. The molecule has 0 aromatic carbocycles. The maximum absolute atomic E-state index is 13.1. The van der Waals surface area contributed by atoms with E-state index in [1.54, 1.807) is 11.4 Å². The first-order valence-electron chi connectivity index (χ1n) is 3.84. The lowest BCUT2D eigenvalue weighted by Crippen LogP contribution is -1.95. The molecule has 0 radical (unpaired) electrons. The molecule has 1 nitrogen and oxygen atoms in total. The van der Waals surface area contributed by atoms with Crippen molar-refractivity contribution in [3.8, 4) is 0 Å². The third-order valence-electron chi connectivity index (χ3n) is 1.76. The van der Waals surface area contributed by atoms with Gasteiger partial charge >= 0.3 is 0 Å². The molecule has 2 aromatic rings. The number of hydrogen-bond donors (Lipinski definition) is 1. The van der Waals surface area contributed by atoms with Crippen molar-refractivity contribution in [1.29, 1.82) is 0 Å². The molecular weight excluding hydrogens is 287 g/mol. The minimum atomic E-state index is -0.841. The lowest BCUT2D eigenvalue weighted by molar-refractivity contribution is 0.223. The van der Waals surface area contributed by atoms with Crippen molar-refractivity contribution in [1.82, 2.24) is 0 Å². The molecule has 5 heteroatoms. The monoisotopic (exact) mass is 292 g/mol. The Morgan fingerprint density at radius 1 is 1.36 bits per heavy atom. The second kappa shape index (κ2) is 4.10. The quantitative estimate of drug-likeness (QED) is 0.893. The van der Waals surface area contributed by atoms with Gasteiger partial charge in [-0.25, -0.2) is 4.39 Å². The molecule has 1 N–H and O–H groups in total. The van der Waals surface area contributed by atoms with Gasteiger partial charge in [-0.3, -0.25) is 0 Å². The Morgan fingerprint density at radius 2 is 2.14 bits per heavy atom. The predicted molar refractivity (Wildman–Crippen MR) is 60.4 cm³/mol. The number of hydrogen-bond acceptors (Lipinski definition) is 3. The van der Waals surface area contributed by atoms with Crippen LogP contribution in [0.5, 0.6) is 0 Å². The van der Waals surface area contributed by atoms with E-state index in [-0.39, 0.29) is 5.82 Å². The van der Waals surface area contributed by atoms with Crippen molar-refractivity contribution in [2.45, 2.75) is 6.10 Å². The van der Waals surface area contributed by atoms with E-state index in [0.717, 1.165) is 8.66 Å². The van der Waals surface area contributed by atoms with E-state index in [4.69, 9.17) is 0 Å². The smallest absolute Gasteiger partial charge is 0.140 e. The standard InChI is InChI=1S/C9H6BrFOS2/c10-7-2-1-6(14-7)8(12)9-5(11)3-4-13-9/h1-4,8,12H. The summed E-state index contributed by atoms with van der Waals surface area (Å²) in [5.41, 5.74) is 0. The van der Waals surface area contributed by atoms with Crippen LogP contribution in [0.15, 0.2) is 27.4 Å². The van der Waals surface area contributed by atoms with E-state index in [1.165, 1.54) is 28.7 Å². The Labute approximate surface area is 97.0 Å². The highest BCUT2D eigenvalue weighted by Crippen LogP contribution is 2.34. The third kappa shape index (κ3) is 1.91. The van der Waals surface area contributed by atoms with E-state index in [2.05, 4.69) is 15.9 Å². The van der Waals surface area contributed by atoms with Gasteiger partial charge in [-0.15, -0.1) is 22.7 Å². The van der Waals surface area contributed by atoms with Gasteiger partial charge < -0.3 is 5.11 Å². The zero-order valence-corrected chi connectivity index (χ0v) is 10.1. The summed E-state index contributed by atoms with van der Waals surface area (Å²) in [7, 11) is 0. The maximum Gasteiger partial charge on any atom is 0.140 e. The van der Waals surface area contributed by atoms with Crippen LogP contribution < -0.4 is 0 Å². The minimum absolute atomic E-state index is 0.341. The molecule has 1 unspecified atom stereocenters. The van der Waals surface area contributed by atoms with Gasteiger partial charge in [-0.2, -0.15) is 0 Å². The fourth-order valence-corrected chi connectivity index (χ4v) is 3.37. The summed E-state index contributed by atoms with van der Waals surface area (Å²) < 4.78 is 14.1. The van der Waals surface area contributed by atoms with Gasteiger partial charge in [-0.05, 0) is 39.5 Å². The highest BCUT2D eigenvalue weighted by atomic mass is 79.9. The fourth-order valence-electron chi connectivity index (χ4n) is 1.10. The summed E-state index contributed by atoms with van der Waals surface area (Å²) in [6.45, 7) is 0. The van der Waals surface area contributed by atoms with Crippen LogP contribution in [0, 0.1) is 5.82 Å². The molecule has 0 aliphatic rings. The summed E-state index contributed by atoms with van der Waals surface area (Å²) in [5.74, 6) is -0.341. The van der Waals surface area contributed by atoms with Crippen LogP contribution in [0.4, 0.5) is 4.39 Å². The molecule has 0 saturated carbocycles. The first kappa shape index (κ1) is 10.3. The van der Waals surface area contributed by atoms with Gasteiger partial charge in [0.25, 0.3) is 0 Å². The predicted octanol–water partition coefficient (Wildman–Crippen LogP) is 3.79. The van der Waals surface area contributed by atoms with Gasteiger partial charge in [0, 0.05) is 4.88 Å². The zero-order valence-electron chi connectivity index (χ0n) is 6.91. The molecule has 0 bridgehead atoms. The van der Waals surface area contributed by atoms with Gasteiger partial charge in [0.1, 0.15) is 11.9 Å². The maximum atomic E-state index is 13.1. The Bertz CT molecular complexity index is 437. The lowest BCUT2D eigenvalue weighted by atomic mass is 10.2. The summed E-state index contributed by atoms with van der Waals surface area (Å²) in [4.78, 5) is 1.12. The Morgan fingerprint density at radius 3 is 2.64 bits per heavy atom. The molecule has 2 aromatic heterocycles. The molecule has 2 rings (SSSR count). The van der Waals surface area contributed by atoms with Crippen LogP contribution in [0.2, 0.25) is 0 Å². The normalized spacial score (nSPS) is 13.1. The van der Waals surface area contributed by atoms with E-state index >= 15 is 0 Å². The molecule has 0 spiro atoms. The van der Waals surface area contributed by atoms with Gasteiger partial charge in [0.05, 0.1) is 8.66 Å². The van der Waals surface area contributed by atoms with Crippen LogP contribution in [-0.2, 0) is 0 Å². The summed E-state index contributed by atoms with van der Waals surface area (Å²) in [6, 6.07) is 5.00. The van der Waals surface area contributed by atoms with Crippen LogP contribution in [-0.4, -0.2) is 5.11 Å². The zero-order chi connectivity index (χ0) is 10.1. The highest BCUT2D eigenvalue weighted by molar-refractivity contribution is 9.11. The van der Waals surface area contributed by atoms with E-state index < -0.39 is 6.10 Å². The average molecular weight is 293 g/mol. The van der Waals surface area contributed by atoms with Crippen LogP contribution >= 0.6 is 38.6 Å². The summed E-state index contributed by atoms with van der Waals surface area (Å²) in [6.07, 6.45) is -0.841. The van der Waals surface area contributed by atoms with E-state index in [9.17, 15) is 9.50 Å². The highest BCUT2D eigenvalue weighted by Gasteiger charge is 2.17. The third-order valence-corrected chi connectivity index (χ3v) is 4.38. The molecule has 0 amide bonds. The number of halogens is 2. The van der Waals surface area contributed by atoms with Gasteiger partial charge in [0.15, 0.2) is 0 Å². The van der Waals surface area contributed by atoms with E-state index in [1.807, 2.05) is 6.07 Å². The van der Waals surface area contributed by atoms with Crippen molar-refractivity contribution in [3.63, 3.8) is 0 Å². The Balaban J connectivity index is 2.33. The van der Waals surface area contributed by atoms with Crippen molar-refractivity contribution < 1.29 is 9.50 Å². The summed E-state index contributed by atoms with van der Waals surface area (Å²) in [5, 5.41) is 11.5. The fraction of sp³-hybridized carbons (Fsp3) is 0.111. The Kier molecular flexibility index (Phi) is 3.02. The molecule has 0 aliphatic heterocycles. The van der Waals surface area contributed by atoms with Crippen molar-refractivity contribution in [2.75, 3.05) is 0 Å². The first-order chi connectivity index (χ1) is 6.68. The molecular formula is C9H6BrFOS2. The Hall–Kier alpha value is -0.230. The van der Waals surface area contributed by atoms with Crippen LogP contribution in [0.3, 0.4) is 0 Å². The molecule has 1 atom stereocenters. The van der Waals surface area contributed by atoms with Gasteiger partial charge in [-0.1, -0.05) is 0 Å². The number of aliphatic hydroxyl groups is 1. The van der Waals surface area contributed by atoms with Crippen molar-refractivity contribution in [2.24, 2.45) is 0 Å². The second-order valence-electron chi connectivity index (χ2n) is 2.68. The summed E-state index contributed by atoms with van der Waals surface area (Å²) >= 11 is 5.94. The minimum Gasteiger partial charge on any atom is -0.382 e. The molecule has 14 heavy (non-hydrogen) atoms. The van der Waals surface area contributed by atoms with Crippen molar-refractivity contribution in [3.05, 3.63) is 42.9 Å². The molecule has 0 aliphatic carbocycles. The van der Waals surface area contributed by atoms with Crippen molar-refractivity contribution >= 4 is 38.6 Å². The number of thiophene rings is 2. The lowest BCUT2D eigenvalue weighted by Gasteiger charge is -2.05. The molecule has 2 heterocycles. The largest absolute Gasteiger partial charge is 0.382 e. The van der Waals surface area contributed by atoms with Crippen LogP contribution in [0.1, 0.15) is 15.9 Å². The van der Waals surface area contributed by atoms with E-state index in [0.29, 0.717) is 4.88 Å².